The molecule has 0 aliphatic heterocycles. The van der Waals surface area contributed by atoms with Gasteiger partial charge in [-0.25, -0.2) is 4.98 Å². The molecule has 23 heavy (non-hydrogen) atoms. The van der Waals surface area contributed by atoms with E-state index in [9.17, 15) is 9.59 Å². The molecule has 6 nitrogen and oxygen atoms in total. The van der Waals surface area contributed by atoms with Crippen molar-refractivity contribution in [3.05, 3.63) is 29.9 Å². The van der Waals surface area contributed by atoms with Crippen LogP contribution in [0.5, 0.6) is 0 Å². The fraction of sp³-hybridized carbons (Fsp3) is 0.562. The molecule has 0 aromatic carbocycles. The van der Waals surface area contributed by atoms with E-state index in [1.807, 2.05) is 20.8 Å². The number of Topliss-reactive ketones (excluding diaryl/α,β-unsaturated/α-hetero) is 1. The Hall–Kier alpha value is -1.89. The van der Waals surface area contributed by atoms with Crippen molar-refractivity contribution in [2.24, 2.45) is 5.92 Å². The van der Waals surface area contributed by atoms with Gasteiger partial charge in [0.25, 0.3) is 0 Å². The van der Waals surface area contributed by atoms with Crippen LogP contribution in [0.25, 0.3) is 0 Å². The summed E-state index contributed by atoms with van der Waals surface area (Å²) in [4.78, 5) is 29.5. The third kappa shape index (κ3) is 5.06. The number of imidazole rings is 1. The number of amides is 1. The molecule has 2 radical (unpaired) electrons. The van der Waals surface area contributed by atoms with Crippen LogP contribution in [0, 0.1) is 5.92 Å². The molecule has 1 rings (SSSR count). The van der Waals surface area contributed by atoms with Crippen molar-refractivity contribution in [1.29, 1.82) is 0 Å². The van der Waals surface area contributed by atoms with Crippen LogP contribution in [0.4, 0.5) is 4.79 Å². The SMILES string of the molecule is [B]C(=O)N(C)[C@H](C=C(C)C(=O)c1nccn1COCC)C(C)C. The zero-order chi connectivity index (χ0) is 17.6. The quantitative estimate of drug-likeness (QED) is 0.419. The van der Waals surface area contributed by atoms with Gasteiger partial charge in [-0.3, -0.25) is 9.59 Å². The minimum Gasteiger partial charge on any atom is -0.361 e. The molecule has 0 bridgehead atoms. The third-order valence-electron chi connectivity index (χ3n) is 3.61. The van der Waals surface area contributed by atoms with E-state index in [-0.39, 0.29) is 24.5 Å². The number of carbonyl (C=O) groups is 2. The van der Waals surface area contributed by atoms with Gasteiger partial charge in [-0.05, 0) is 25.3 Å². The lowest BCUT2D eigenvalue weighted by Gasteiger charge is -2.29. The van der Waals surface area contributed by atoms with Gasteiger partial charge in [0.15, 0.2) is 11.6 Å². The lowest BCUT2D eigenvalue weighted by atomic mass is 9.96. The van der Waals surface area contributed by atoms with Gasteiger partial charge >= 0.3 is 0 Å². The summed E-state index contributed by atoms with van der Waals surface area (Å²) in [5, 5.41) is 0. The van der Waals surface area contributed by atoms with E-state index in [0.29, 0.717) is 18.0 Å². The van der Waals surface area contributed by atoms with Crippen LogP contribution in [0.1, 0.15) is 38.3 Å². The summed E-state index contributed by atoms with van der Waals surface area (Å²) in [6, 6.07) is -0.258. The van der Waals surface area contributed by atoms with Crippen LogP contribution < -0.4 is 0 Å². The number of nitrogens with zero attached hydrogens (tertiary/aromatic N) is 3. The average Bonchev–Trinajstić information content (AvgIpc) is 2.96. The number of hydrogen-bond donors (Lipinski definition) is 0. The van der Waals surface area contributed by atoms with Crippen molar-refractivity contribution in [3.8, 4) is 0 Å². The number of likely N-dealkylation sites (N-methyl/N-ethyl adjacent to an activating group) is 1. The molecule has 1 aromatic heterocycles. The van der Waals surface area contributed by atoms with Gasteiger partial charge in [-0.2, -0.15) is 0 Å². The lowest BCUT2D eigenvalue weighted by Crippen LogP contribution is -2.39. The molecule has 1 amide bonds. The van der Waals surface area contributed by atoms with Crippen molar-refractivity contribution in [2.75, 3.05) is 13.7 Å². The second kappa shape index (κ2) is 8.67. The average molecular weight is 317 g/mol. The van der Waals surface area contributed by atoms with E-state index in [1.54, 1.807) is 37.0 Å². The standard InChI is InChI=1S/C16H24BN3O3/c1-6-23-10-20-8-7-18-15(20)14(21)12(4)9-13(11(2)3)19(5)16(17)22/h7-9,11,13H,6,10H2,1-5H3/t13-/m1/s1. The van der Waals surface area contributed by atoms with E-state index in [4.69, 9.17) is 12.6 Å². The van der Waals surface area contributed by atoms with E-state index in [0.717, 1.165) is 0 Å². The number of ether oxygens (including phenoxy) is 1. The Balaban J connectivity index is 3.02. The Morgan fingerprint density at radius 3 is 2.65 bits per heavy atom. The fourth-order valence-electron chi connectivity index (χ4n) is 2.22. The first-order valence-corrected chi connectivity index (χ1v) is 7.63. The summed E-state index contributed by atoms with van der Waals surface area (Å²) < 4.78 is 6.98. The van der Waals surface area contributed by atoms with Crippen molar-refractivity contribution in [3.63, 3.8) is 0 Å². The topological polar surface area (TPSA) is 64.4 Å². The number of hydrogen-bond acceptors (Lipinski definition) is 4. The normalized spacial score (nSPS) is 13.2. The number of ketones is 1. The Bertz CT molecular complexity index is 581. The van der Waals surface area contributed by atoms with Crippen LogP contribution in [0.2, 0.25) is 0 Å². The molecular weight excluding hydrogens is 293 g/mol. The van der Waals surface area contributed by atoms with Crippen LogP contribution in [0.3, 0.4) is 0 Å². The highest BCUT2D eigenvalue weighted by Crippen LogP contribution is 2.15. The highest BCUT2D eigenvalue weighted by Gasteiger charge is 2.21. The van der Waals surface area contributed by atoms with Gasteiger partial charge in [-0.1, -0.05) is 19.9 Å². The molecule has 0 spiro atoms. The van der Waals surface area contributed by atoms with Gasteiger partial charge in [0.1, 0.15) is 6.73 Å². The number of aromatic nitrogens is 2. The van der Waals surface area contributed by atoms with Crippen LogP contribution in [-0.4, -0.2) is 53.6 Å². The van der Waals surface area contributed by atoms with Gasteiger partial charge in [-0.15, -0.1) is 0 Å². The smallest absolute Gasteiger partial charge is 0.223 e. The predicted molar refractivity (Wildman–Crippen MR) is 89.5 cm³/mol. The van der Waals surface area contributed by atoms with Crippen molar-refractivity contribution >= 4 is 19.4 Å². The first-order chi connectivity index (χ1) is 10.8. The Morgan fingerprint density at radius 2 is 2.13 bits per heavy atom. The summed E-state index contributed by atoms with van der Waals surface area (Å²) in [5.74, 6) is -0.286. The summed E-state index contributed by atoms with van der Waals surface area (Å²) in [7, 11) is 6.96. The lowest BCUT2D eigenvalue weighted by molar-refractivity contribution is 0.0815. The number of rotatable bonds is 8. The number of carbonyl (C=O) groups excluding carboxylic acids is 2. The Labute approximate surface area is 138 Å². The minimum atomic E-state index is -0.530. The maximum absolute atomic E-state index is 12.6. The first-order valence-electron chi connectivity index (χ1n) is 7.63. The van der Waals surface area contributed by atoms with Crippen molar-refractivity contribution in [2.45, 2.75) is 40.5 Å². The van der Waals surface area contributed by atoms with Crippen LogP contribution in [0.15, 0.2) is 24.0 Å². The zero-order valence-electron chi connectivity index (χ0n) is 14.4. The Kier molecular flexibility index (Phi) is 7.22. The Morgan fingerprint density at radius 1 is 1.48 bits per heavy atom. The third-order valence-corrected chi connectivity index (χ3v) is 3.61. The highest BCUT2D eigenvalue weighted by molar-refractivity contribution is 6.56. The van der Waals surface area contributed by atoms with Gasteiger partial charge in [0.2, 0.25) is 13.6 Å². The molecule has 7 heteroatoms. The zero-order valence-corrected chi connectivity index (χ0v) is 14.4. The second-order valence-electron chi connectivity index (χ2n) is 5.71. The van der Waals surface area contributed by atoms with Crippen LogP contribution >= 0.6 is 0 Å². The molecule has 1 atom stereocenters. The molecule has 0 aliphatic rings. The molecular formula is C16H24BN3O3. The van der Waals surface area contributed by atoms with E-state index in [2.05, 4.69) is 4.98 Å². The van der Waals surface area contributed by atoms with Crippen molar-refractivity contribution in [1.82, 2.24) is 14.5 Å². The highest BCUT2D eigenvalue weighted by atomic mass is 16.5. The second-order valence-corrected chi connectivity index (χ2v) is 5.71. The van der Waals surface area contributed by atoms with Gasteiger partial charge in [0.05, 0.1) is 6.04 Å². The largest absolute Gasteiger partial charge is 0.361 e. The molecule has 124 valence electrons. The van der Waals surface area contributed by atoms with E-state index in [1.165, 1.54) is 4.90 Å². The molecule has 1 heterocycles. The van der Waals surface area contributed by atoms with E-state index >= 15 is 0 Å². The summed E-state index contributed by atoms with van der Waals surface area (Å²) in [6.45, 7) is 8.37. The summed E-state index contributed by atoms with van der Waals surface area (Å²) >= 11 is 0. The number of allylic oxidation sites excluding steroid dienone is 1. The van der Waals surface area contributed by atoms with E-state index < -0.39 is 5.81 Å². The molecule has 0 saturated heterocycles. The first kappa shape index (κ1) is 19.2. The fourth-order valence-corrected chi connectivity index (χ4v) is 2.22. The molecule has 0 saturated carbocycles. The van der Waals surface area contributed by atoms with Crippen LogP contribution in [-0.2, 0) is 11.5 Å². The minimum absolute atomic E-state index is 0.124. The summed E-state index contributed by atoms with van der Waals surface area (Å²) in [6.07, 6.45) is 5.03. The molecule has 1 aromatic rings. The maximum Gasteiger partial charge on any atom is 0.223 e. The monoisotopic (exact) mass is 317 g/mol. The molecule has 0 fully saturated rings. The molecule has 0 unspecified atom stereocenters. The maximum atomic E-state index is 12.6. The van der Waals surface area contributed by atoms with Gasteiger partial charge in [0, 0.05) is 26.0 Å². The summed E-state index contributed by atoms with van der Waals surface area (Å²) in [5.41, 5.74) is 0.515. The predicted octanol–water partition coefficient (Wildman–Crippen LogP) is 2.25. The molecule has 0 aliphatic carbocycles. The molecule has 0 N–H and O–H groups in total. The van der Waals surface area contributed by atoms with Crippen molar-refractivity contribution < 1.29 is 14.3 Å². The van der Waals surface area contributed by atoms with Gasteiger partial charge < -0.3 is 14.2 Å².